The molecule has 3 rings (SSSR count). The number of primary amides is 1. The summed E-state index contributed by atoms with van der Waals surface area (Å²) in [7, 11) is 0. The van der Waals surface area contributed by atoms with Crippen molar-refractivity contribution >= 4 is 11.8 Å². The Morgan fingerprint density at radius 1 is 1.19 bits per heavy atom. The zero-order chi connectivity index (χ0) is 19.4. The van der Waals surface area contributed by atoms with Gasteiger partial charge < -0.3 is 15.8 Å². The van der Waals surface area contributed by atoms with Gasteiger partial charge >= 0.3 is 6.09 Å². The van der Waals surface area contributed by atoms with E-state index in [1.807, 2.05) is 0 Å². The summed E-state index contributed by atoms with van der Waals surface area (Å²) in [4.78, 5) is 15.7. The van der Waals surface area contributed by atoms with Gasteiger partial charge in [-0.2, -0.15) is 0 Å². The Bertz CT molecular complexity index is 641. The molecule has 2 aliphatic carbocycles. The van der Waals surface area contributed by atoms with Gasteiger partial charge in [-0.15, -0.1) is 0 Å². The molecule has 5 nitrogen and oxygen atoms in total. The molecule has 2 fully saturated rings. The number of amides is 1. The first-order valence-electron chi connectivity index (χ1n) is 10.5. The van der Waals surface area contributed by atoms with Crippen molar-refractivity contribution in [2.24, 2.45) is 17.1 Å². The van der Waals surface area contributed by atoms with Crippen molar-refractivity contribution in [1.29, 1.82) is 0 Å². The molecule has 1 amide bonds. The molecule has 1 aromatic rings. The van der Waals surface area contributed by atoms with Crippen molar-refractivity contribution in [2.45, 2.75) is 84.1 Å². The largest absolute Gasteiger partial charge is 0.449 e. The minimum absolute atomic E-state index is 0.438. The van der Waals surface area contributed by atoms with Gasteiger partial charge in [0.2, 0.25) is 0 Å². The highest BCUT2D eigenvalue weighted by Crippen LogP contribution is 2.42. The molecule has 0 saturated heterocycles. The third-order valence-electron chi connectivity index (χ3n) is 6.53. The highest BCUT2D eigenvalue weighted by atomic mass is 16.5. The van der Waals surface area contributed by atoms with Gasteiger partial charge in [-0.1, -0.05) is 13.8 Å². The van der Waals surface area contributed by atoms with Gasteiger partial charge in [0.15, 0.2) is 0 Å². The molecule has 0 unspecified atom stereocenters. The number of anilines is 1. The van der Waals surface area contributed by atoms with Crippen molar-refractivity contribution in [3.63, 3.8) is 0 Å². The third kappa shape index (κ3) is 5.60. The summed E-state index contributed by atoms with van der Waals surface area (Å²) in [5, 5.41) is 3.68. The molecule has 150 valence electrons. The number of nitrogens with two attached hydrogens (primary N) is 1. The van der Waals surface area contributed by atoms with E-state index in [2.05, 4.69) is 38.2 Å². The lowest BCUT2D eigenvalue weighted by Crippen LogP contribution is -2.29. The van der Waals surface area contributed by atoms with Gasteiger partial charge in [-0.25, -0.2) is 4.79 Å². The number of carbonyl (C=O) groups excluding carboxylic acids is 1. The Morgan fingerprint density at radius 2 is 1.85 bits per heavy atom. The van der Waals surface area contributed by atoms with Crippen LogP contribution in [0.1, 0.15) is 82.5 Å². The number of rotatable bonds is 5. The lowest BCUT2D eigenvalue weighted by molar-refractivity contribution is 0.123. The second-order valence-electron chi connectivity index (χ2n) is 9.30. The van der Waals surface area contributed by atoms with Crippen molar-refractivity contribution in [1.82, 2.24) is 4.98 Å². The lowest BCUT2D eigenvalue weighted by atomic mass is 9.72. The Hall–Kier alpha value is -1.78. The smallest absolute Gasteiger partial charge is 0.404 e. The number of carbonyl (C=O) groups is 1. The minimum Gasteiger partial charge on any atom is -0.449 e. The standard InChI is InChI=1S/C22H35N3O2/c1-15-19(25-18-6-4-16(5-7-18)14-27-21(23)26)8-9-20(24-15)17-10-12-22(2,3)13-11-17/h8-9,16-18,25H,4-7,10-14H2,1-3H3,(H2,23,26). The molecular weight excluding hydrogens is 338 g/mol. The van der Waals surface area contributed by atoms with Crippen molar-refractivity contribution < 1.29 is 9.53 Å². The summed E-state index contributed by atoms with van der Waals surface area (Å²) in [6.45, 7) is 7.33. The van der Waals surface area contributed by atoms with Crippen LogP contribution in [0.15, 0.2) is 12.1 Å². The van der Waals surface area contributed by atoms with Crippen LogP contribution in [-0.2, 0) is 4.74 Å². The van der Waals surface area contributed by atoms with Crippen LogP contribution in [0, 0.1) is 18.3 Å². The molecule has 0 atom stereocenters. The third-order valence-corrected chi connectivity index (χ3v) is 6.53. The number of aryl methyl sites for hydroxylation is 1. The quantitative estimate of drug-likeness (QED) is 0.749. The number of aromatic nitrogens is 1. The average molecular weight is 374 g/mol. The van der Waals surface area contributed by atoms with Crippen LogP contribution in [0.4, 0.5) is 10.5 Å². The second-order valence-corrected chi connectivity index (χ2v) is 9.30. The van der Waals surface area contributed by atoms with Crippen LogP contribution < -0.4 is 11.1 Å². The van der Waals surface area contributed by atoms with Gasteiger partial charge in [-0.05, 0) is 81.8 Å². The van der Waals surface area contributed by atoms with E-state index in [-0.39, 0.29) is 0 Å². The number of nitrogens with one attached hydrogen (secondary N) is 1. The molecule has 0 bridgehead atoms. The van der Waals surface area contributed by atoms with Gasteiger partial charge in [0.05, 0.1) is 18.0 Å². The summed E-state index contributed by atoms with van der Waals surface area (Å²) in [6.07, 6.45) is 8.73. The first kappa shape index (κ1) is 20.0. The lowest BCUT2D eigenvalue weighted by Gasteiger charge is -2.34. The summed E-state index contributed by atoms with van der Waals surface area (Å²) in [5.74, 6) is 1.05. The van der Waals surface area contributed by atoms with E-state index in [9.17, 15) is 4.79 Å². The van der Waals surface area contributed by atoms with Crippen LogP contribution in [0.3, 0.4) is 0 Å². The van der Waals surface area contributed by atoms with E-state index < -0.39 is 6.09 Å². The maximum atomic E-state index is 10.7. The second kappa shape index (κ2) is 8.49. The fourth-order valence-electron chi connectivity index (χ4n) is 4.55. The zero-order valence-electron chi connectivity index (χ0n) is 17.1. The van der Waals surface area contributed by atoms with E-state index in [1.165, 1.54) is 31.4 Å². The van der Waals surface area contributed by atoms with Gasteiger partial charge in [-0.3, -0.25) is 4.98 Å². The highest BCUT2D eigenvalue weighted by Gasteiger charge is 2.28. The number of nitrogens with zero attached hydrogens (tertiary/aromatic N) is 1. The molecule has 0 spiro atoms. The van der Waals surface area contributed by atoms with E-state index in [1.54, 1.807) is 0 Å². The van der Waals surface area contributed by atoms with Gasteiger partial charge in [0, 0.05) is 17.7 Å². The monoisotopic (exact) mass is 373 g/mol. The Morgan fingerprint density at radius 3 is 2.44 bits per heavy atom. The number of hydrogen-bond donors (Lipinski definition) is 2. The molecule has 0 radical (unpaired) electrons. The summed E-state index contributed by atoms with van der Waals surface area (Å²) >= 11 is 0. The predicted octanol–water partition coefficient (Wildman–Crippen LogP) is 5.14. The van der Waals surface area contributed by atoms with Crippen molar-refractivity contribution in [2.75, 3.05) is 11.9 Å². The Kier molecular flexibility index (Phi) is 6.28. The average Bonchev–Trinajstić information content (AvgIpc) is 2.63. The molecule has 0 aromatic carbocycles. The number of hydrogen-bond acceptors (Lipinski definition) is 4. The van der Waals surface area contributed by atoms with Crippen LogP contribution in [0.2, 0.25) is 0 Å². The van der Waals surface area contributed by atoms with Gasteiger partial charge in [0.25, 0.3) is 0 Å². The minimum atomic E-state index is -0.668. The molecule has 2 saturated carbocycles. The van der Waals surface area contributed by atoms with Crippen LogP contribution >= 0.6 is 0 Å². The number of ether oxygens (including phenoxy) is 1. The summed E-state index contributed by atoms with van der Waals surface area (Å²) < 4.78 is 4.95. The Balaban J connectivity index is 1.51. The molecule has 27 heavy (non-hydrogen) atoms. The van der Waals surface area contributed by atoms with Gasteiger partial charge in [0.1, 0.15) is 0 Å². The molecule has 2 aliphatic rings. The fourth-order valence-corrected chi connectivity index (χ4v) is 4.55. The normalized spacial score (nSPS) is 25.7. The fraction of sp³-hybridized carbons (Fsp3) is 0.727. The molecule has 1 heterocycles. The van der Waals surface area contributed by atoms with E-state index in [0.29, 0.717) is 29.9 Å². The zero-order valence-corrected chi connectivity index (χ0v) is 17.1. The molecule has 5 heteroatoms. The van der Waals surface area contributed by atoms with Crippen LogP contribution in [0.5, 0.6) is 0 Å². The maximum Gasteiger partial charge on any atom is 0.404 e. The first-order chi connectivity index (χ1) is 12.8. The van der Waals surface area contributed by atoms with Crippen molar-refractivity contribution in [3.05, 3.63) is 23.5 Å². The Labute approximate surface area is 163 Å². The molecule has 0 aliphatic heterocycles. The van der Waals surface area contributed by atoms with Crippen LogP contribution in [0.25, 0.3) is 0 Å². The first-order valence-corrected chi connectivity index (χ1v) is 10.5. The van der Waals surface area contributed by atoms with E-state index in [0.717, 1.165) is 37.1 Å². The van der Waals surface area contributed by atoms with Crippen LogP contribution in [-0.4, -0.2) is 23.7 Å². The summed E-state index contributed by atoms with van der Waals surface area (Å²) in [5.41, 5.74) is 9.08. The summed E-state index contributed by atoms with van der Waals surface area (Å²) in [6, 6.07) is 4.92. The van der Waals surface area contributed by atoms with Crippen molar-refractivity contribution in [3.8, 4) is 0 Å². The number of pyridine rings is 1. The molecule has 1 aromatic heterocycles. The SMILES string of the molecule is Cc1nc(C2CCC(C)(C)CC2)ccc1NC1CCC(COC(N)=O)CC1. The molecular formula is C22H35N3O2. The van der Waals surface area contributed by atoms with E-state index in [4.69, 9.17) is 15.5 Å². The molecule has 3 N–H and O–H groups in total. The predicted molar refractivity (Wildman–Crippen MR) is 109 cm³/mol. The van der Waals surface area contributed by atoms with E-state index >= 15 is 0 Å². The maximum absolute atomic E-state index is 10.7. The highest BCUT2D eigenvalue weighted by molar-refractivity contribution is 5.64. The topological polar surface area (TPSA) is 77.2 Å².